The van der Waals surface area contributed by atoms with Crippen LogP contribution in [0.5, 0.6) is 5.75 Å². The number of hydrogen-bond donors (Lipinski definition) is 2. The molecule has 3 rings (SSSR count). The molecule has 0 spiro atoms. The summed E-state index contributed by atoms with van der Waals surface area (Å²) >= 11 is 1.13. The molecular formula is C21H22N4O4S. The van der Waals surface area contributed by atoms with Crippen LogP contribution in [0.3, 0.4) is 0 Å². The summed E-state index contributed by atoms with van der Waals surface area (Å²) in [4.78, 5) is 24.3. The molecule has 8 nitrogen and oxygen atoms in total. The Balaban J connectivity index is 1.46. The molecule has 0 atom stereocenters. The summed E-state index contributed by atoms with van der Waals surface area (Å²) in [5, 5.41) is 13.6. The van der Waals surface area contributed by atoms with Gasteiger partial charge in [-0.05, 0) is 61.4 Å². The van der Waals surface area contributed by atoms with Crippen LogP contribution >= 0.6 is 11.8 Å². The zero-order valence-corrected chi connectivity index (χ0v) is 17.7. The van der Waals surface area contributed by atoms with Gasteiger partial charge < -0.3 is 19.8 Å². The first kappa shape index (κ1) is 21.4. The smallest absolute Gasteiger partial charge is 0.277 e. The lowest BCUT2D eigenvalue weighted by molar-refractivity contribution is -0.113. The molecule has 2 N–H and O–H groups in total. The van der Waals surface area contributed by atoms with E-state index in [4.69, 9.17) is 9.15 Å². The topological polar surface area (TPSA) is 106 Å². The van der Waals surface area contributed by atoms with E-state index >= 15 is 0 Å². The molecule has 0 unspecified atom stereocenters. The molecule has 9 heteroatoms. The minimum absolute atomic E-state index is 0.0905. The predicted molar refractivity (Wildman–Crippen MR) is 114 cm³/mol. The van der Waals surface area contributed by atoms with Gasteiger partial charge in [-0.1, -0.05) is 17.8 Å². The molecule has 1 aromatic heterocycles. The average molecular weight is 426 g/mol. The number of aromatic nitrogens is 2. The highest BCUT2D eigenvalue weighted by atomic mass is 32.2. The van der Waals surface area contributed by atoms with Crippen molar-refractivity contribution in [1.82, 2.24) is 15.5 Å². The fraction of sp³-hybridized carbons (Fsp3) is 0.238. The van der Waals surface area contributed by atoms with Crippen LogP contribution in [-0.4, -0.2) is 34.9 Å². The third-order valence-electron chi connectivity index (χ3n) is 4.03. The number of anilines is 1. The molecule has 2 aromatic carbocycles. The molecule has 0 aliphatic heterocycles. The maximum atomic E-state index is 12.2. The monoisotopic (exact) mass is 426 g/mol. The van der Waals surface area contributed by atoms with E-state index in [1.807, 2.05) is 32.0 Å². The van der Waals surface area contributed by atoms with E-state index in [1.54, 1.807) is 31.4 Å². The summed E-state index contributed by atoms with van der Waals surface area (Å²) in [6, 6.07) is 12.6. The van der Waals surface area contributed by atoms with Gasteiger partial charge in [-0.3, -0.25) is 9.59 Å². The maximum Gasteiger partial charge on any atom is 0.277 e. The highest BCUT2D eigenvalue weighted by molar-refractivity contribution is 7.99. The summed E-state index contributed by atoms with van der Waals surface area (Å²) in [7, 11) is 1.56. The van der Waals surface area contributed by atoms with Gasteiger partial charge in [0.05, 0.1) is 19.4 Å². The molecule has 2 amide bonds. The van der Waals surface area contributed by atoms with Crippen molar-refractivity contribution in [3.63, 3.8) is 0 Å². The fourth-order valence-corrected chi connectivity index (χ4v) is 3.32. The van der Waals surface area contributed by atoms with Crippen LogP contribution in [0.1, 0.15) is 27.4 Å². The Morgan fingerprint density at radius 2 is 1.77 bits per heavy atom. The number of methoxy groups -OCH3 is 1. The Kier molecular flexibility index (Phi) is 7.08. The number of rotatable bonds is 8. The van der Waals surface area contributed by atoms with Crippen molar-refractivity contribution in [3.05, 3.63) is 65.0 Å². The number of ether oxygens (including phenoxy) is 1. The Morgan fingerprint density at radius 1 is 1.07 bits per heavy atom. The van der Waals surface area contributed by atoms with E-state index in [2.05, 4.69) is 20.8 Å². The van der Waals surface area contributed by atoms with E-state index < -0.39 is 0 Å². The Bertz CT molecular complexity index is 1010. The van der Waals surface area contributed by atoms with Gasteiger partial charge in [0.25, 0.3) is 11.1 Å². The number of nitrogens with one attached hydrogen (secondary N) is 2. The summed E-state index contributed by atoms with van der Waals surface area (Å²) in [6.45, 7) is 4.04. The largest absolute Gasteiger partial charge is 0.497 e. The third-order valence-corrected chi connectivity index (χ3v) is 4.85. The molecule has 3 aromatic rings. The second-order valence-corrected chi connectivity index (χ2v) is 7.51. The molecule has 0 fully saturated rings. The van der Waals surface area contributed by atoms with Crippen LogP contribution in [0.15, 0.2) is 52.1 Å². The number of carbonyl (C=O) groups excluding carboxylic acids is 2. The van der Waals surface area contributed by atoms with Gasteiger partial charge in [0.15, 0.2) is 0 Å². The van der Waals surface area contributed by atoms with E-state index in [1.165, 1.54) is 0 Å². The summed E-state index contributed by atoms with van der Waals surface area (Å²) in [5.41, 5.74) is 3.41. The number of amides is 2. The van der Waals surface area contributed by atoms with E-state index in [0.29, 0.717) is 11.3 Å². The Morgan fingerprint density at radius 3 is 2.43 bits per heavy atom. The first-order chi connectivity index (χ1) is 14.4. The first-order valence-electron chi connectivity index (χ1n) is 9.18. The van der Waals surface area contributed by atoms with E-state index in [9.17, 15) is 9.59 Å². The number of thioether (sulfide) groups is 1. The van der Waals surface area contributed by atoms with Crippen molar-refractivity contribution in [2.24, 2.45) is 0 Å². The number of hydrogen-bond acceptors (Lipinski definition) is 7. The normalized spacial score (nSPS) is 10.5. The van der Waals surface area contributed by atoms with Gasteiger partial charge >= 0.3 is 0 Å². The zero-order valence-electron chi connectivity index (χ0n) is 16.9. The molecule has 0 bridgehead atoms. The summed E-state index contributed by atoms with van der Waals surface area (Å²) in [6.07, 6.45) is 0. The van der Waals surface area contributed by atoms with E-state index in [0.717, 1.165) is 28.6 Å². The lowest BCUT2D eigenvalue weighted by atomic mass is 10.1. The van der Waals surface area contributed by atoms with Gasteiger partial charge in [-0.15, -0.1) is 10.2 Å². The van der Waals surface area contributed by atoms with Crippen molar-refractivity contribution >= 4 is 29.3 Å². The van der Waals surface area contributed by atoms with Crippen LogP contribution in [-0.2, 0) is 11.3 Å². The molecule has 0 radical (unpaired) electrons. The number of carbonyl (C=O) groups is 2. The van der Waals surface area contributed by atoms with Gasteiger partial charge in [0.2, 0.25) is 11.8 Å². The van der Waals surface area contributed by atoms with Crippen LogP contribution in [0.25, 0.3) is 0 Å². The van der Waals surface area contributed by atoms with Gasteiger partial charge in [-0.25, -0.2) is 0 Å². The van der Waals surface area contributed by atoms with Gasteiger partial charge in [0.1, 0.15) is 5.75 Å². The molecule has 156 valence electrons. The number of aryl methyl sites for hydroxylation is 2. The first-order valence-corrected chi connectivity index (χ1v) is 10.2. The van der Waals surface area contributed by atoms with E-state index in [-0.39, 0.29) is 35.2 Å². The minimum atomic E-state index is -0.266. The SMILES string of the molecule is COc1ccc(C(=O)NCc2nnc(SCC(=O)Nc3cc(C)cc(C)c3)o2)cc1. The molecule has 30 heavy (non-hydrogen) atoms. The molecule has 0 aliphatic rings. The minimum Gasteiger partial charge on any atom is -0.497 e. The molecule has 1 heterocycles. The Hall–Kier alpha value is -3.33. The zero-order chi connectivity index (χ0) is 21.5. The van der Waals surface area contributed by atoms with Crippen molar-refractivity contribution in [2.45, 2.75) is 25.6 Å². The fourth-order valence-electron chi connectivity index (χ4n) is 2.74. The van der Waals surface area contributed by atoms with Crippen molar-refractivity contribution < 1.29 is 18.7 Å². The summed E-state index contributed by atoms with van der Waals surface area (Å²) < 4.78 is 10.5. The predicted octanol–water partition coefficient (Wildman–Crippen LogP) is 3.36. The van der Waals surface area contributed by atoms with Crippen LogP contribution in [0, 0.1) is 13.8 Å². The highest BCUT2D eigenvalue weighted by Crippen LogP contribution is 2.18. The third kappa shape index (κ3) is 6.08. The lowest BCUT2D eigenvalue weighted by Crippen LogP contribution is -2.22. The van der Waals surface area contributed by atoms with Crippen LogP contribution < -0.4 is 15.4 Å². The average Bonchev–Trinajstić information content (AvgIpc) is 3.18. The molecule has 0 saturated heterocycles. The Labute approximate surface area is 178 Å². The summed E-state index contributed by atoms with van der Waals surface area (Å²) in [5.74, 6) is 0.628. The standard InChI is InChI=1S/C21H22N4O4S/c1-13-8-14(2)10-16(9-13)23-18(26)12-30-21-25-24-19(29-21)11-22-20(27)15-4-6-17(28-3)7-5-15/h4-10H,11-12H2,1-3H3,(H,22,27)(H,23,26). The molecule has 0 aliphatic carbocycles. The van der Waals surface area contributed by atoms with Crippen LogP contribution in [0.2, 0.25) is 0 Å². The van der Waals surface area contributed by atoms with Gasteiger partial charge in [-0.2, -0.15) is 0 Å². The second kappa shape index (κ2) is 9.93. The maximum absolute atomic E-state index is 12.2. The van der Waals surface area contributed by atoms with Crippen molar-refractivity contribution in [2.75, 3.05) is 18.2 Å². The van der Waals surface area contributed by atoms with Crippen molar-refractivity contribution in [1.29, 1.82) is 0 Å². The molecular weight excluding hydrogens is 404 g/mol. The number of benzene rings is 2. The lowest BCUT2D eigenvalue weighted by Gasteiger charge is -2.06. The van der Waals surface area contributed by atoms with Crippen molar-refractivity contribution in [3.8, 4) is 5.75 Å². The molecule has 0 saturated carbocycles. The highest BCUT2D eigenvalue weighted by Gasteiger charge is 2.12. The second-order valence-electron chi connectivity index (χ2n) is 6.59. The number of nitrogens with zero attached hydrogens (tertiary/aromatic N) is 2. The quantitative estimate of drug-likeness (QED) is 0.532. The van der Waals surface area contributed by atoms with Crippen LogP contribution in [0.4, 0.5) is 5.69 Å². The van der Waals surface area contributed by atoms with Gasteiger partial charge in [0, 0.05) is 11.3 Å².